The summed E-state index contributed by atoms with van der Waals surface area (Å²) in [4.78, 5) is 72.8. The van der Waals surface area contributed by atoms with Gasteiger partial charge in [0.1, 0.15) is 19.3 Å². The summed E-state index contributed by atoms with van der Waals surface area (Å²) in [5, 5.41) is 10.6. The number of carbonyl (C=O) groups is 4. The van der Waals surface area contributed by atoms with Crippen molar-refractivity contribution in [3.05, 3.63) is 122 Å². The molecule has 5 unspecified atom stereocenters. The van der Waals surface area contributed by atoms with Gasteiger partial charge in [0.25, 0.3) is 0 Å². The number of hydrogen-bond donors (Lipinski definition) is 3. The number of phosphoric acid groups is 2. The summed E-state index contributed by atoms with van der Waals surface area (Å²) in [6.45, 7) is 4.48. The molecule has 0 spiro atoms. The molecule has 98 heavy (non-hydrogen) atoms. The molecule has 19 heteroatoms. The maximum Gasteiger partial charge on any atom is 0.472 e. The van der Waals surface area contributed by atoms with Gasteiger partial charge in [0.2, 0.25) is 0 Å². The Labute approximate surface area is 593 Å². The third-order valence-corrected chi connectivity index (χ3v) is 17.3. The summed E-state index contributed by atoms with van der Waals surface area (Å²) in [5.74, 6) is -2.24. The Morgan fingerprint density at radius 3 is 0.867 bits per heavy atom. The summed E-state index contributed by atoms with van der Waals surface area (Å²) in [7, 11) is -9.96. The molecule has 0 fully saturated rings. The van der Waals surface area contributed by atoms with Crippen LogP contribution in [0.1, 0.15) is 297 Å². The lowest BCUT2D eigenvalue weighted by Gasteiger charge is -2.21. The van der Waals surface area contributed by atoms with Crippen LogP contribution in [0.2, 0.25) is 0 Å². The second kappa shape index (κ2) is 70.9. The van der Waals surface area contributed by atoms with E-state index in [0.717, 1.165) is 205 Å². The van der Waals surface area contributed by atoms with E-state index in [1.165, 1.54) is 12.8 Å². The minimum Gasteiger partial charge on any atom is -0.462 e. The maximum absolute atomic E-state index is 13.1. The first-order chi connectivity index (χ1) is 47.7. The number of hydrogen-bond acceptors (Lipinski definition) is 15. The number of carbonyl (C=O) groups excluding carboxylic acids is 4. The molecule has 0 aromatic rings. The predicted molar refractivity (Wildman–Crippen MR) is 399 cm³/mol. The topological polar surface area (TPSA) is 237 Å². The first-order valence-corrected chi connectivity index (χ1v) is 40.8. The van der Waals surface area contributed by atoms with Gasteiger partial charge in [-0.15, -0.1) is 0 Å². The van der Waals surface area contributed by atoms with Crippen molar-refractivity contribution < 1.29 is 80.2 Å². The van der Waals surface area contributed by atoms with E-state index in [2.05, 4.69) is 149 Å². The van der Waals surface area contributed by atoms with Crippen molar-refractivity contribution in [3.63, 3.8) is 0 Å². The smallest absolute Gasteiger partial charge is 0.462 e. The molecule has 0 aliphatic heterocycles. The van der Waals surface area contributed by atoms with Gasteiger partial charge in [-0.25, -0.2) is 9.13 Å². The summed E-state index contributed by atoms with van der Waals surface area (Å²) in [6.07, 6.45) is 76.2. The van der Waals surface area contributed by atoms with E-state index in [4.69, 9.17) is 37.0 Å². The van der Waals surface area contributed by atoms with Crippen molar-refractivity contribution >= 4 is 39.5 Å². The molecule has 3 N–H and O–H groups in total. The van der Waals surface area contributed by atoms with Gasteiger partial charge < -0.3 is 33.8 Å². The molecule has 0 heterocycles. The SMILES string of the molecule is CC/C=C\C/C=C\C/C=C\C/C=C\CCCCCCC(=O)OCC(COP(=O)(O)OCC(O)COP(=O)(O)OCC(COC(=O)CCCCCCC/C=C\C/C=C\CCC)OC(=O)CCCCCCC/C=C\CCCC)OC(=O)CCCCCCCCC/C=C\C/C=C\C/C=C\CC. The largest absolute Gasteiger partial charge is 0.472 e. The molecule has 0 rings (SSSR count). The van der Waals surface area contributed by atoms with Crippen molar-refractivity contribution in [2.75, 3.05) is 39.6 Å². The monoisotopic (exact) mass is 1420 g/mol. The molecular formula is C79H134O17P2. The number of phosphoric ester groups is 2. The van der Waals surface area contributed by atoms with E-state index in [0.29, 0.717) is 25.7 Å². The summed E-state index contributed by atoms with van der Waals surface area (Å²) in [5.41, 5.74) is 0. The van der Waals surface area contributed by atoms with Crippen LogP contribution in [0.15, 0.2) is 122 Å². The molecule has 0 amide bonds. The zero-order valence-corrected chi connectivity index (χ0v) is 63.0. The predicted octanol–water partition coefficient (Wildman–Crippen LogP) is 21.6. The molecule has 562 valence electrons. The Bertz CT molecular complexity index is 2340. The second-order valence-corrected chi connectivity index (χ2v) is 27.7. The zero-order chi connectivity index (χ0) is 71.8. The lowest BCUT2D eigenvalue weighted by molar-refractivity contribution is -0.161. The molecule has 0 radical (unpaired) electrons. The van der Waals surface area contributed by atoms with E-state index in [9.17, 15) is 43.2 Å². The molecule has 0 aliphatic carbocycles. The number of unbranched alkanes of at least 4 members (excludes halogenated alkanes) is 24. The highest BCUT2D eigenvalue weighted by Crippen LogP contribution is 2.45. The minimum atomic E-state index is -4.99. The molecule has 0 bridgehead atoms. The van der Waals surface area contributed by atoms with Crippen LogP contribution in [-0.2, 0) is 65.4 Å². The van der Waals surface area contributed by atoms with E-state index in [1.807, 2.05) is 0 Å². The van der Waals surface area contributed by atoms with E-state index < -0.39 is 97.5 Å². The van der Waals surface area contributed by atoms with Crippen LogP contribution in [0.4, 0.5) is 0 Å². The molecular weight excluding hydrogens is 1280 g/mol. The molecule has 0 saturated carbocycles. The van der Waals surface area contributed by atoms with Crippen molar-refractivity contribution in [1.82, 2.24) is 0 Å². The van der Waals surface area contributed by atoms with Crippen LogP contribution in [0.5, 0.6) is 0 Å². The Kier molecular flexibility index (Phi) is 67.6. The number of rotatable bonds is 70. The third kappa shape index (κ3) is 69.9. The summed E-state index contributed by atoms with van der Waals surface area (Å²) in [6, 6.07) is 0. The van der Waals surface area contributed by atoms with Crippen molar-refractivity contribution in [3.8, 4) is 0 Å². The average Bonchev–Trinajstić information content (AvgIpc) is 0.980. The fourth-order valence-corrected chi connectivity index (χ4v) is 11.2. The number of ether oxygens (including phenoxy) is 4. The molecule has 0 aromatic heterocycles. The molecule has 0 aromatic carbocycles. The van der Waals surface area contributed by atoms with Gasteiger partial charge in [0.05, 0.1) is 26.4 Å². The quantitative estimate of drug-likeness (QED) is 0.0169. The number of aliphatic hydroxyl groups excluding tert-OH is 1. The third-order valence-electron chi connectivity index (χ3n) is 15.4. The normalized spacial score (nSPS) is 14.6. The molecule has 0 aliphatic rings. The van der Waals surface area contributed by atoms with Gasteiger partial charge >= 0.3 is 39.5 Å². The van der Waals surface area contributed by atoms with Crippen LogP contribution in [0.25, 0.3) is 0 Å². The van der Waals surface area contributed by atoms with E-state index in [-0.39, 0.29) is 25.7 Å². The Morgan fingerprint density at radius 2 is 0.551 bits per heavy atom. The highest BCUT2D eigenvalue weighted by molar-refractivity contribution is 7.47. The zero-order valence-electron chi connectivity index (χ0n) is 61.2. The van der Waals surface area contributed by atoms with Crippen LogP contribution < -0.4 is 0 Å². The fraction of sp³-hybridized carbons (Fsp3) is 0.696. The van der Waals surface area contributed by atoms with Gasteiger partial charge in [-0.05, 0) is 141 Å². The van der Waals surface area contributed by atoms with E-state index in [1.54, 1.807) is 0 Å². The first-order valence-electron chi connectivity index (χ1n) is 37.8. The van der Waals surface area contributed by atoms with Crippen LogP contribution in [-0.4, -0.2) is 96.7 Å². The van der Waals surface area contributed by atoms with Gasteiger partial charge in [0, 0.05) is 25.7 Å². The van der Waals surface area contributed by atoms with Gasteiger partial charge in [-0.1, -0.05) is 252 Å². The summed E-state index contributed by atoms with van der Waals surface area (Å²) < 4.78 is 68.4. The van der Waals surface area contributed by atoms with Gasteiger partial charge in [-0.2, -0.15) is 0 Å². The lowest BCUT2D eigenvalue weighted by atomic mass is 10.1. The minimum absolute atomic E-state index is 0.0752. The number of allylic oxidation sites excluding steroid dienone is 20. The van der Waals surface area contributed by atoms with Crippen LogP contribution in [0.3, 0.4) is 0 Å². The van der Waals surface area contributed by atoms with E-state index >= 15 is 0 Å². The molecule has 17 nitrogen and oxygen atoms in total. The Balaban J connectivity index is 5.37. The highest BCUT2D eigenvalue weighted by Gasteiger charge is 2.30. The highest BCUT2D eigenvalue weighted by atomic mass is 31.2. The van der Waals surface area contributed by atoms with Crippen molar-refractivity contribution in [2.24, 2.45) is 0 Å². The number of esters is 4. The van der Waals surface area contributed by atoms with Gasteiger partial charge in [-0.3, -0.25) is 37.3 Å². The second-order valence-electron chi connectivity index (χ2n) is 24.8. The summed E-state index contributed by atoms with van der Waals surface area (Å²) >= 11 is 0. The maximum atomic E-state index is 13.1. The first kappa shape index (κ1) is 93.5. The number of aliphatic hydroxyl groups is 1. The van der Waals surface area contributed by atoms with Gasteiger partial charge in [0.15, 0.2) is 12.2 Å². The van der Waals surface area contributed by atoms with Crippen LogP contribution in [0, 0.1) is 0 Å². The fourth-order valence-electron chi connectivity index (χ4n) is 9.66. The van der Waals surface area contributed by atoms with Crippen molar-refractivity contribution in [1.29, 1.82) is 0 Å². The average molecular weight is 1420 g/mol. The standard InChI is InChI=1S/C79H134O17P2/c1-5-9-13-17-21-25-29-32-34-36-38-41-45-48-52-56-60-64-77(82)90-70-75(96-79(84)66-62-58-54-50-46-42-39-37-35-33-30-26-22-18-14-10-6-2)72-94-98(87,88)92-68-73(80)67-91-97(85,86)93-71-74(95-78(83)65-61-57-53-49-43-28-24-20-16-12-8-4)69-89-76(81)63-59-55-51-47-44-40-31-27-23-19-15-11-7-3/h9-10,13-15,19-22,24-27,31-35,38,41,73-75,80H,5-8,11-12,16-18,23,28-30,36-37,39-40,42-72H2,1-4H3,(H,85,86)(H,87,88)/b13-9-,14-10-,19-15-,24-20-,25-21-,26-22-,31-27-,34-32-,35-33-,41-38-. The molecule has 5 atom stereocenters. The Hall–Kier alpha value is -4.54. The molecule has 0 saturated heterocycles. The lowest BCUT2D eigenvalue weighted by Crippen LogP contribution is -2.30. The van der Waals surface area contributed by atoms with Crippen LogP contribution >= 0.6 is 15.6 Å². The van der Waals surface area contributed by atoms with Crippen molar-refractivity contribution in [2.45, 2.75) is 316 Å². The Morgan fingerprint density at radius 1 is 0.296 bits per heavy atom.